The molecule has 2 aliphatic rings. The third kappa shape index (κ3) is 2.11. The molecule has 0 unspecified atom stereocenters. The molecule has 0 bridgehead atoms. The Morgan fingerprint density at radius 2 is 2.05 bits per heavy atom. The Labute approximate surface area is 129 Å². The van der Waals surface area contributed by atoms with Crippen LogP contribution >= 0.6 is 0 Å². The molecule has 0 aliphatic carbocycles. The van der Waals surface area contributed by atoms with Gasteiger partial charge in [-0.05, 0) is 42.7 Å². The summed E-state index contributed by atoms with van der Waals surface area (Å²) in [6.07, 6.45) is 2.02. The van der Waals surface area contributed by atoms with Gasteiger partial charge in [0.15, 0.2) is 0 Å². The van der Waals surface area contributed by atoms with Crippen molar-refractivity contribution in [1.29, 1.82) is 0 Å². The van der Waals surface area contributed by atoms with Crippen molar-refractivity contribution < 1.29 is 9.53 Å². The van der Waals surface area contributed by atoms with Crippen molar-refractivity contribution in [2.24, 2.45) is 0 Å². The highest BCUT2D eigenvalue weighted by atomic mass is 16.5. The summed E-state index contributed by atoms with van der Waals surface area (Å²) in [6, 6.07) is 13.7. The largest absolute Gasteiger partial charge is 0.490 e. The number of nitrogens with zero attached hydrogens (tertiary/aromatic N) is 1. The molecule has 2 aromatic rings. The Bertz CT molecular complexity index is 727. The first kappa shape index (κ1) is 13.2. The molecule has 0 saturated heterocycles. The van der Waals surface area contributed by atoms with E-state index in [2.05, 4.69) is 11.4 Å². The molecule has 4 heteroatoms. The molecule has 0 aromatic heterocycles. The zero-order valence-corrected chi connectivity index (χ0v) is 12.3. The summed E-state index contributed by atoms with van der Waals surface area (Å²) in [5.41, 5.74) is 3.91. The van der Waals surface area contributed by atoms with Gasteiger partial charge in [-0.25, -0.2) is 0 Å². The Balaban J connectivity index is 1.75. The van der Waals surface area contributed by atoms with Crippen LogP contribution in [0.1, 0.15) is 22.3 Å². The lowest BCUT2D eigenvalue weighted by atomic mass is 9.96. The fourth-order valence-corrected chi connectivity index (χ4v) is 3.24. The van der Waals surface area contributed by atoms with Gasteiger partial charge in [0.05, 0.1) is 12.2 Å². The highest BCUT2D eigenvalue weighted by Crippen LogP contribution is 2.33. The SMILES string of the molecule is O=C(c1cccc2c1CCCN2)N1CCOc2ccccc21. The van der Waals surface area contributed by atoms with Gasteiger partial charge in [-0.1, -0.05) is 18.2 Å². The first-order valence-electron chi connectivity index (χ1n) is 7.74. The topological polar surface area (TPSA) is 41.6 Å². The second kappa shape index (κ2) is 5.37. The lowest BCUT2D eigenvalue weighted by Crippen LogP contribution is -2.38. The van der Waals surface area contributed by atoms with E-state index in [0.717, 1.165) is 47.6 Å². The summed E-state index contributed by atoms with van der Waals surface area (Å²) in [6.45, 7) is 2.11. The number of benzene rings is 2. The predicted molar refractivity (Wildman–Crippen MR) is 86.9 cm³/mol. The number of amides is 1. The first-order chi connectivity index (χ1) is 10.8. The molecule has 1 N–H and O–H groups in total. The Hall–Kier alpha value is -2.49. The van der Waals surface area contributed by atoms with Crippen molar-refractivity contribution in [2.45, 2.75) is 12.8 Å². The van der Waals surface area contributed by atoms with Crippen LogP contribution in [0, 0.1) is 0 Å². The highest BCUT2D eigenvalue weighted by Gasteiger charge is 2.27. The maximum absolute atomic E-state index is 13.1. The van der Waals surface area contributed by atoms with E-state index in [1.807, 2.05) is 41.3 Å². The average Bonchev–Trinajstić information content (AvgIpc) is 2.60. The van der Waals surface area contributed by atoms with E-state index in [1.54, 1.807) is 0 Å². The number of rotatable bonds is 1. The van der Waals surface area contributed by atoms with E-state index in [1.165, 1.54) is 0 Å². The van der Waals surface area contributed by atoms with Gasteiger partial charge in [-0.15, -0.1) is 0 Å². The van der Waals surface area contributed by atoms with Gasteiger partial charge >= 0.3 is 0 Å². The molecular formula is C18H18N2O2. The van der Waals surface area contributed by atoms with E-state index in [0.29, 0.717) is 13.2 Å². The molecule has 22 heavy (non-hydrogen) atoms. The normalized spacial score (nSPS) is 16.1. The quantitative estimate of drug-likeness (QED) is 0.879. The van der Waals surface area contributed by atoms with Crippen molar-refractivity contribution in [2.75, 3.05) is 29.9 Å². The fourth-order valence-electron chi connectivity index (χ4n) is 3.24. The number of anilines is 2. The average molecular weight is 294 g/mol. The van der Waals surface area contributed by atoms with Gasteiger partial charge in [-0.3, -0.25) is 4.79 Å². The smallest absolute Gasteiger partial charge is 0.258 e. The van der Waals surface area contributed by atoms with Crippen LogP contribution in [0.25, 0.3) is 0 Å². The van der Waals surface area contributed by atoms with Crippen molar-refractivity contribution >= 4 is 17.3 Å². The lowest BCUT2D eigenvalue weighted by Gasteiger charge is -2.31. The van der Waals surface area contributed by atoms with Crippen LogP contribution in [-0.2, 0) is 6.42 Å². The molecular weight excluding hydrogens is 276 g/mol. The number of hydrogen-bond acceptors (Lipinski definition) is 3. The van der Waals surface area contributed by atoms with Gasteiger partial charge in [-0.2, -0.15) is 0 Å². The van der Waals surface area contributed by atoms with E-state index in [4.69, 9.17) is 4.74 Å². The molecule has 0 atom stereocenters. The third-order valence-electron chi connectivity index (χ3n) is 4.30. The minimum Gasteiger partial charge on any atom is -0.490 e. The molecule has 1 amide bonds. The number of carbonyl (C=O) groups excluding carboxylic acids is 1. The van der Waals surface area contributed by atoms with E-state index < -0.39 is 0 Å². The maximum Gasteiger partial charge on any atom is 0.258 e. The number of ether oxygens (including phenoxy) is 1. The van der Waals surface area contributed by atoms with Crippen LogP contribution in [0.2, 0.25) is 0 Å². The summed E-state index contributed by atoms with van der Waals surface area (Å²) in [5.74, 6) is 0.848. The molecule has 112 valence electrons. The van der Waals surface area contributed by atoms with Crippen LogP contribution in [0.4, 0.5) is 11.4 Å². The molecule has 0 spiro atoms. The Kier molecular flexibility index (Phi) is 3.22. The van der Waals surface area contributed by atoms with Crippen molar-refractivity contribution in [3.63, 3.8) is 0 Å². The van der Waals surface area contributed by atoms with E-state index in [-0.39, 0.29) is 5.91 Å². The van der Waals surface area contributed by atoms with Gasteiger partial charge in [0.2, 0.25) is 0 Å². The van der Waals surface area contributed by atoms with Crippen LogP contribution in [0.5, 0.6) is 5.75 Å². The summed E-state index contributed by atoms with van der Waals surface area (Å²) in [4.78, 5) is 14.9. The van der Waals surface area contributed by atoms with Gasteiger partial charge in [0.1, 0.15) is 12.4 Å². The van der Waals surface area contributed by atoms with Crippen LogP contribution in [0.3, 0.4) is 0 Å². The van der Waals surface area contributed by atoms with Crippen molar-refractivity contribution in [1.82, 2.24) is 0 Å². The molecule has 0 saturated carbocycles. The second-order valence-electron chi connectivity index (χ2n) is 5.63. The third-order valence-corrected chi connectivity index (χ3v) is 4.30. The molecule has 0 radical (unpaired) electrons. The standard InChI is InChI=1S/C18H18N2O2/c21-18(14-5-3-7-15-13(14)6-4-10-19-15)20-11-12-22-17-9-2-1-8-16(17)20/h1-3,5,7-9,19H,4,6,10-12H2. The zero-order valence-electron chi connectivity index (χ0n) is 12.3. The lowest BCUT2D eigenvalue weighted by molar-refractivity contribution is 0.0975. The molecule has 4 rings (SSSR count). The van der Waals surface area contributed by atoms with Crippen molar-refractivity contribution in [3.8, 4) is 5.75 Å². The minimum absolute atomic E-state index is 0.0660. The van der Waals surface area contributed by atoms with Crippen LogP contribution in [-0.4, -0.2) is 25.6 Å². The zero-order chi connectivity index (χ0) is 14.9. The molecule has 2 aliphatic heterocycles. The second-order valence-corrected chi connectivity index (χ2v) is 5.63. The number of fused-ring (bicyclic) bond motifs is 2. The highest BCUT2D eigenvalue weighted by molar-refractivity contribution is 6.08. The number of para-hydroxylation sites is 2. The molecule has 2 aromatic carbocycles. The van der Waals surface area contributed by atoms with E-state index >= 15 is 0 Å². The van der Waals surface area contributed by atoms with Gasteiger partial charge in [0, 0.05) is 17.8 Å². The number of hydrogen-bond donors (Lipinski definition) is 1. The molecule has 4 nitrogen and oxygen atoms in total. The Morgan fingerprint density at radius 3 is 3.00 bits per heavy atom. The predicted octanol–water partition coefficient (Wildman–Crippen LogP) is 3.08. The van der Waals surface area contributed by atoms with Crippen LogP contribution < -0.4 is 15.0 Å². The van der Waals surface area contributed by atoms with E-state index in [9.17, 15) is 4.79 Å². The summed E-state index contributed by atoms with van der Waals surface area (Å²) in [5, 5.41) is 3.38. The summed E-state index contributed by atoms with van der Waals surface area (Å²) in [7, 11) is 0. The van der Waals surface area contributed by atoms with Crippen LogP contribution in [0.15, 0.2) is 42.5 Å². The van der Waals surface area contributed by atoms with Crippen molar-refractivity contribution in [3.05, 3.63) is 53.6 Å². The minimum atomic E-state index is 0.0660. The fraction of sp³-hybridized carbons (Fsp3) is 0.278. The number of carbonyl (C=O) groups is 1. The Morgan fingerprint density at radius 1 is 1.14 bits per heavy atom. The summed E-state index contributed by atoms with van der Waals surface area (Å²) >= 11 is 0. The van der Waals surface area contributed by atoms with Gasteiger partial charge in [0.25, 0.3) is 5.91 Å². The first-order valence-corrected chi connectivity index (χ1v) is 7.74. The summed E-state index contributed by atoms with van der Waals surface area (Å²) < 4.78 is 5.65. The molecule has 2 heterocycles. The maximum atomic E-state index is 13.1. The molecule has 0 fully saturated rings. The van der Waals surface area contributed by atoms with Gasteiger partial charge < -0.3 is 15.0 Å². The monoisotopic (exact) mass is 294 g/mol. The number of nitrogens with one attached hydrogen (secondary N) is 1.